The molecule has 1 fully saturated rings. The number of rotatable bonds is 8. The largest absolute Gasteiger partial charge is 0.396 e. The van der Waals surface area contributed by atoms with Crippen LogP contribution in [0.1, 0.15) is 26.2 Å². The first-order valence-corrected chi connectivity index (χ1v) is 7.06. The normalized spacial score (nSPS) is 27.3. The standard InChI is InChI=1S/C13H28N2O3/c1-2-13(18)11-8-12(14-4-3-6-16)10-15(9-11)5-7-17/h11-14,16-18H,2-10H2,1H3. The van der Waals surface area contributed by atoms with Crippen molar-refractivity contribution in [2.75, 3.05) is 39.4 Å². The highest BCUT2D eigenvalue weighted by molar-refractivity contribution is 4.86. The molecular weight excluding hydrogens is 232 g/mol. The van der Waals surface area contributed by atoms with Crippen LogP contribution in [0.2, 0.25) is 0 Å². The molecule has 3 unspecified atom stereocenters. The number of hydrogen-bond donors (Lipinski definition) is 4. The molecule has 1 saturated heterocycles. The van der Waals surface area contributed by atoms with Gasteiger partial charge in [-0.05, 0) is 31.7 Å². The minimum Gasteiger partial charge on any atom is -0.396 e. The van der Waals surface area contributed by atoms with Crippen molar-refractivity contribution in [3.05, 3.63) is 0 Å². The zero-order valence-electron chi connectivity index (χ0n) is 11.4. The first-order valence-electron chi connectivity index (χ1n) is 7.06. The fraction of sp³-hybridized carbons (Fsp3) is 1.00. The van der Waals surface area contributed by atoms with Gasteiger partial charge in [-0.1, -0.05) is 6.92 Å². The Labute approximate surface area is 110 Å². The molecule has 0 bridgehead atoms. The minimum atomic E-state index is -0.256. The quantitative estimate of drug-likeness (QED) is 0.439. The van der Waals surface area contributed by atoms with E-state index in [2.05, 4.69) is 10.2 Å². The van der Waals surface area contributed by atoms with Crippen LogP contribution < -0.4 is 5.32 Å². The maximum absolute atomic E-state index is 10.0. The Hall–Kier alpha value is -0.200. The third-order valence-corrected chi connectivity index (χ3v) is 3.71. The third kappa shape index (κ3) is 5.20. The molecule has 0 aromatic carbocycles. The lowest BCUT2D eigenvalue weighted by Gasteiger charge is -2.39. The highest BCUT2D eigenvalue weighted by Crippen LogP contribution is 2.21. The van der Waals surface area contributed by atoms with Crippen molar-refractivity contribution < 1.29 is 15.3 Å². The second-order valence-corrected chi connectivity index (χ2v) is 5.18. The van der Waals surface area contributed by atoms with E-state index in [1.807, 2.05) is 6.92 Å². The Morgan fingerprint density at radius 1 is 1.28 bits per heavy atom. The first kappa shape index (κ1) is 15.9. The number of β-amino-alcohol motifs (C(OH)–C–C–N with tert-alkyl or cyclic N) is 1. The second kappa shape index (κ2) is 8.82. The smallest absolute Gasteiger partial charge is 0.0578 e. The van der Waals surface area contributed by atoms with E-state index in [9.17, 15) is 5.11 Å². The number of hydrogen-bond acceptors (Lipinski definition) is 5. The summed E-state index contributed by atoms with van der Waals surface area (Å²) in [6.07, 6.45) is 2.26. The van der Waals surface area contributed by atoms with Crippen molar-refractivity contribution in [2.24, 2.45) is 5.92 Å². The Kier molecular flexibility index (Phi) is 7.77. The summed E-state index contributed by atoms with van der Waals surface area (Å²) in [5, 5.41) is 31.3. The van der Waals surface area contributed by atoms with Crippen molar-refractivity contribution >= 4 is 0 Å². The van der Waals surface area contributed by atoms with Gasteiger partial charge in [0.1, 0.15) is 0 Å². The van der Waals surface area contributed by atoms with Crippen LogP contribution in [0.5, 0.6) is 0 Å². The fourth-order valence-corrected chi connectivity index (χ4v) is 2.70. The molecule has 4 N–H and O–H groups in total. The van der Waals surface area contributed by atoms with Gasteiger partial charge >= 0.3 is 0 Å². The predicted octanol–water partition coefficient (Wildman–Crippen LogP) is -0.588. The lowest BCUT2D eigenvalue weighted by atomic mass is 9.88. The van der Waals surface area contributed by atoms with E-state index in [4.69, 9.17) is 10.2 Å². The summed E-state index contributed by atoms with van der Waals surface area (Å²) in [5.41, 5.74) is 0. The molecule has 0 spiro atoms. The molecule has 0 saturated carbocycles. The number of piperidine rings is 1. The molecule has 1 aliphatic rings. The van der Waals surface area contributed by atoms with Crippen molar-refractivity contribution in [3.63, 3.8) is 0 Å². The summed E-state index contributed by atoms with van der Waals surface area (Å²) >= 11 is 0. The number of nitrogens with one attached hydrogen (secondary N) is 1. The van der Waals surface area contributed by atoms with Crippen molar-refractivity contribution in [1.29, 1.82) is 0 Å². The van der Waals surface area contributed by atoms with E-state index in [1.165, 1.54) is 0 Å². The van der Waals surface area contributed by atoms with Crippen LogP contribution in [0.15, 0.2) is 0 Å². The van der Waals surface area contributed by atoms with Gasteiger partial charge in [0, 0.05) is 32.3 Å². The molecule has 1 rings (SSSR count). The lowest BCUT2D eigenvalue weighted by molar-refractivity contribution is 0.0298. The van der Waals surface area contributed by atoms with Gasteiger partial charge in [-0.15, -0.1) is 0 Å². The Bertz CT molecular complexity index is 216. The topological polar surface area (TPSA) is 76.0 Å². The summed E-state index contributed by atoms with van der Waals surface area (Å²) in [4.78, 5) is 2.21. The Morgan fingerprint density at radius 3 is 2.67 bits per heavy atom. The summed E-state index contributed by atoms with van der Waals surface area (Å²) in [5.74, 6) is 0.280. The predicted molar refractivity (Wildman–Crippen MR) is 71.4 cm³/mol. The Balaban J connectivity index is 2.45. The summed E-state index contributed by atoms with van der Waals surface area (Å²) in [6.45, 7) is 5.64. The molecule has 1 heterocycles. The first-order chi connectivity index (χ1) is 8.71. The average Bonchev–Trinajstić information content (AvgIpc) is 2.38. The van der Waals surface area contributed by atoms with Gasteiger partial charge in [-0.25, -0.2) is 0 Å². The maximum Gasteiger partial charge on any atom is 0.0578 e. The molecule has 108 valence electrons. The summed E-state index contributed by atoms with van der Waals surface area (Å²) in [6, 6.07) is 0.350. The number of likely N-dealkylation sites (tertiary alicyclic amines) is 1. The fourth-order valence-electron chi connectivity index (χ4n) is 2.70. The zero-order chi connectivity index (χ0) is 13.4. The molecule has 0 amide bonds. The highest BCUT2D eigenvalue weighted by atomic mass is 16.3. The van der Waals surface area contributed by atoms with E-state index < -0.39 is 0 Å². The molecular formula is C13H28N2O3. The van der Waals surface area contributed by atoms with Gasteiger partial charge in [0.05, 0.1) is 12.7 Å². The molecule has 1 aliphatic heterocycles. The molecule has 0 aromatic rings. The maximum atomic E-state index is 10.0. The molecule has 5 nitrogen and oxygen atoms in total. The van der Waals surface area contributed by atoms with Gasteiger partial charge in [-0.3, -0.25) is 4.90 Å². The SMILES string of the molecule is CCC(O)C1CC(NCCCO)CN(CCO)C1. The molecule has 0 radical (unpaired) electrons. The zero-order valence-corrected chi connectivity index (χ0v) is 11.4. The summed E-state index contributed by atoms with van der Waals surface area (Å²) in [7, 11) is 0. The third-order valence-electron chi connectivity index (χ3n) is 3.71. The van der Waals surface area contributed by atoms with Gasteiger partial charge < -0.3 is 20.6 Å². The number of nitrogens with zero attached hydrogens (tertiary/aromatic N) is 1. The van der Waals surface area contributed by atoms with Crippen LogP contribution in [0.4, 0.5) is 0 Å². The number of aliphatic hydroxyl groups is 3. The molecule has 0 aromatic heterocycles. The second-order valence-electron chi connectivity index (χ2n) is 5.18. The van der Waals surface area contributed by atoms with Crippen LogP contribution in [0, 0.1) is 5.92 Å². The number of aliphatic hydroxyl groups excluding tert-OH is 3. The van der Waals surface area contributed by atoms with Crippen molar-refractivity contribution in [3.8, 4) is 0 Å². The van der Waals surface area contributed by atoms with Crippen molar-refractivity contribution in [1.82, 2.24) is 10.2 Å². The van der Waals surface area contributed by atoms with Crippen LogP contribution in [-0.4, -0.2) is 71.8 Å². The van der Waals surface area contributed by atoms with E-state index in [-0.39, 0.29) is 25.2 Å². The van der Waals surface area contributed by atoms with Gasteiger partial charge in [0.15, 0.2) is 0 Å². The van der Waals surface area contributed by atoms with Gasteiger partial charge in [0.2, 0.25) is 0 Å². The molecule has 5 heteroatoms. The molecule has 3 atom stereocenters. The van der Waals surface area contributed by atoms with Crippen molar-refractivity contribution in [2.45, 2.75) is 38.3 Å². The lowest BCUT2D eigenvalue weighted by Crippen LogP contribution is -2.52. The summed E-state index contributed by atoms with van der Waals surface area (Å²) < 4.78 is 0. The van der Waals surface area contributed by atoms with Crippen LogP contribution in [0.25, 0.3) is 0 Å². The van der Waals surface area contributed by atoms with Gasteiger partial charge in [0.25, 0.3) is 0 Å². The van der Waals surface area contributed by atoms with E-state index in [0.29, 0.717) is 12.6 Å². The average molecular weight is 260 g/mol. The van der Waals surface area contributed by atoms with Gasteiger partial charge in [-0.2, -0.15) is 0 Å². The van der Waals surface area contributed by atoms with E-state index in [0.717, 1.165) is 38.9 Å². The van der Waals surface area contributed by atoms with Crippen LogP contribution in [0.3, 0.4) is 0 Å². The Morgan fingerprint density at radius 2 is 2.06 bits per heavy atom. The minimum absolute atomic E-state index is 0.165. The van der Waals surface area contributed by atoms with Crippen LogP contribution in [-0.2, 0) is 0 Å². The highest BCUT2D eigenvalue weighted by Gasteiger charge is 2.30. The molecule has 18 heavy (non-hydrogen) atoms. The van der Waals surface area contributed by atoms with E-state index in [1.54, 1.807) is 0 Å². The van der Waals surface area contributed by atoms with Crippen LogP contribution >= 0.6 is 0 Å². The monoisotopic (exact) mass is 260 g/mol. The van der Waals surface area contributed by atoms with E-state index >= 15 is 0 Å². The molecule has 0 aliphatic carbocycles.